The number of hydrogen-bond acceptors (Lipinski definition) is 5. The van der Waals surface area contributed by atoms with Gasteiger partial charge in [0.1, 0.15) is 0 Å². The SMILES string of the molecule is Cc1cc(COB2OCc3ccc(C(=O)NNC(C)(C)C)cc32)cc(C(=O)Cl)c1. The van der Waals surface area contributed by atoms with Crippen LogP contribution >= 0.6 is 11.6 Å². The molecule has 1 amide bonds. The van der Waals surface area contributed by atoms with Gasteiger partial charge in [0.05, 0.1) is 13.2 Å². The summed E-state index contributed by atoms with van der Waals surface area (Å²) in [6, 6.07) is 10.8. The maximum Gasteiger partial charge on any atom is 0.494 e. The molecule has 0 saturated heterocycles. The Kier molecular flexibility index (Phi) is 6.44. The van der Waals surface area contributed by atoms with Crippen molar-refractivity contribution in [2.45, 2.75) is 46.4 Å². The van der Waals surface area contributed by atoms with Crippen molar-refractivity contribution in [1.82, 2.24) is 10.9 Å². The quantitative estimate of drug-likeness (QED) is 0.432. The molecule has 1 aliphatic heterocycles. The number of rotatable bonds is 6. The third kappa shape index (κ3) is 5.67. The highest BCUT2D eigenvalue weighted by atomic mass is 35.5. The fourth-order valence-electron chi connectivity index (χ4n) is 3.03. The van der Waals surface area contributed by atoms with Crippen LogP contribution in [0.2, 0.25) is 0 Å². The Labute approximate surface area is 176 Å². The Bertz CT molecular complexity index is 943. The molecule has 0 radical (unpaired) electrons. The smallest absolute Gasteiger partial charge is 0.403 e. The van der Waals surface area contributed by atoms with Gasteiger partial charge in [0.15, 0.2) is 0 Å². The van der Waals surface area contributed by atoms with Crippen molar-refractivity contribution >= 4 is 35.3 Å². The monoisotopic (exact) mass is 414 g/mol. The van der Waals surface area contributed by atoms with E-state index in [0.717, 1.165) is 22.2 Å². The second-order valence-electron chi connectivity index (χ2n) is 8.18. The number of amides is 1. The summed E-state index contributed by atoms with van der Waals surface area (Å²) in [5.74, 6) is -0.225. The Morgan fingerprint density at radius 2 is 1.93 bits per heavy atom. The number of nitrogens with one attached hydrogen (secondary N) is 2. The molecule has 2 aromatic carbocycles. The summed E-state index contributed by atoms with van der Waals surface area (Å²) in [5, 5.41) is -0.503. The number of carbonyl (C=O) groups excluding carboxylic acids is 2. The molecule has 0 bridgehead atoms. The molecule has 0 aliphatic carbocycles. The van der Waals surface area contributed by atoms with Gasteiger partial charge in [-0.15, -0.1) is 0 Å². The van der Waals surface area contributed by atoms with Crippen LogP contribution in [-0.4, -0.2) is 23.8 Å². The molecule has 29 heavy (non-hydrogen) atoms. The predicted molar refractivity (Wildman–Crippen MR) is 113 cm³/mol. The van der Waals surface area contributed by atoms with E-state index in [1.807, 2.05) is 39.8 Å². The molecule has 0 unspecified atom stereocenters. The summed E-state index contributed by atoms with van der Waals surface area (Å²) >= 11 is 5.59. The zero-order valence-corrected chi connectivity index (χ0v) is 17.7. The van der Waals surface area contributed by atoms with E-state index in [-0.39, 0.29) is 18.1 Å². The number of hydrogen-bond donors (Lipinski definition) is 2. The minimum absolute atomic E-state index is 0.225. The molecule has 2 aromatic rings. The van der Waals surface area contributed by atoms with Crippen molar-refractivity contribution in [2.75, 3.05) is 0 Å². The van der Waals surface area contributed by atoms with Crippen molar-refractivity contribution in [3.8, 4) is 0 Å². The summed E-state index contributed by atoms with van der Waals surface area (Å²) in [7, 11) is -0.580. The Balaban J connectivity index is 1.70. The Hall–Kier alpha value is -2.19. The van der Waals surface area contributed by atoms with E-state index in [4.69, 9.17) is 20.9 Å². The van der Waals surface area contributed by atoms with Gasteiger partial charge in [0.2, 0.25) is 0 Å². The van der Waals surface area contributed by atoms with Crippen LogP contribution in [0, 0.1) is 6.92 Å². The molecule has 8 heteroatoms. The van der Waals surface area contributed by atoms with E-state index >= 15 is 0 Å². The first-order valence-electron chi connectivity index (χ1n) is 9.36. The van der Waals surface area contributed by atoms with Gasteiger partial charge in [-0.1, -0.05) is 17.7 Å². The van der Waals surface area contributed by atoms with E-state index in [1.165, 1.54) is 0 Å². The largest absolute Gasteiger partial charge is 0.494 e. The van der Waals surface area contributed by atoms with Gasteiger partial charge in [-0.3, -0.25) is 15.0 Å². The van der Waals surface area contributed by atoms with Crippen molar-refractivity contribution < 1.29 is 18.9 Å². The predicted octanol–water partition coefficient (Wildman–Crippen LogP) is 2.85. The van der Waals surface area contributed by atoms with E-state index in [0.29, 0.717) is 17.7 Å². The number of benzene rings is 2. The van der Waals surface area contributed by atoms with E-state index in [1.54, 1.807) is 24.3 Å². The van der Waals surface area contributed by atoms with Gasteiger partial charge in [-0.25, -0.2) is 5.43 Å². The van der Waals surface area contributed by atoms with Crippen LogP contribution in [0.1, 0.15) is 58.2 Å². The summed E-state index contributed by atoms with van der Waals surface area (Å²) in [4.78, 5) is 23.9. The van der Waals surface area contributed by atoms with Gasteiger partial charge >= 0.3 is 7.12 Å². The molecule has 1 heterocycles. The van der Waals surface area contributed by atoms with Crippen molar-refractivity contribution in [1.29, 1.82) is 0 Å². The van der Waals surface area contributed by atoms with Crippen LogP contribution in [0.5, 0.6) is 0 Å². The normalized spacial score (nSPS) is 13.3. The van der Waals surface area contributed by atoms with E-state index in [2.05, 4.69) is 10.9 Å². The van der Waals surface area contributed by atoms with E-state index in [9.17, 15) is 9.59 Å². The third-order valence-corrected chi connectivity index (χ3v) is 4.59. The highest BCUT2D eigenvalue weighted by Gasteiger charge is 2.31. The zero-order valence-electron chi connectivity index (χ0n) is 17.0. The number of aryl methyl sites for hydroxylation is 1. The van der Waals surface area contributed by atoms with Crippen molar-refractivity contribution in [3.63, 3.8) is 0 Å². The molecule has 0 fully saturated rings. The average Bonchev–Trinajstić information content (AvgIpc) is 3.05. The molecule has 6 nitrogen and oxygen atoms in total. The molecular formula is C21H24BClN2O4. The lowest BCUT2D eigenvalue weighted by Gasteiger charge is -2.21. The standard InChI is InChI=1S/C21H24BClN2O4/c1-13-7-14(9-17(8-13)19(23)26)11-28-22-18-10-15(5-6-16(18)12-29-22)20(27)24-25-21(2,3)4/h5-10,25H,11-12H2,1-4H3,(H,24,27). The van der Waals surface area contributed by atoms with Gasteiger partial charge in [0.25, 0.3) is 11.1 Å². The summed E-state index contributed by atoms with van der Waals surface area (Å²) in [6.07, 6.45) is 0. The molecular weight excluding hydrogens is 391 g/mol. The Morgan fingerprint density at radius 3 is 2.62 bits per heavy atom. The first-order chi connectivity index (χ1) is 13.6. The second kappa shape index (κ2) is 8.67. The molecule has 2 N–H and O–H groups in total. The third-order valence-electron chi connectivity index (χ3n) is 4.37. The lowest BCUT2D eigenvalue weighted by molar-refractivity contribution is 0.0914. The molecule has 0 aromatic heterocycles. The molecule has 152 valence electrons. The first-order valence-corrected chi connectivity index (χ1v) is 9.74. The zero-order chi connectivity index (χ0) is 21.2. The molecule has 0 saturated carbocycles. The fraction of sp³-hybridized carbons (Fsp3) is 0.333. The maximum absolute atomic E-state index is 12.4. The fourth-order valence-corrected chi connectivity index (χ4v) is 3.14. The number of halogens is 1. The second-order valence-corrected chi connectivity index (χ2v) is 8.52. The first kappa shape index (κ1) is 21.5. The van der Waals surface area contributed by atoms with Crippen LogP contribution in [0.4, 0.5) is 0 Å². The van der Waals surface area contributed by atoms with Crippen LogP contribution in [-0.2, 0) is 22.5 Å². The van der Waals surface area contributed by atoms with Gasteiger partial charge < -0.3 is 9.31 Å². The van der Waals surface area contributed by atoms with Crippen molar-refractivity contribution in [3.05, 3.63) is 64.2 Å². The van der Waals surface area contributed by atoms with Crippen molar-refractivity contribution in [2.24, 2.45) is 0 Å². The molecule has 0 atom stereocenters. The summed E-state index contributed by atoms with van der Waals surface area (Å²) in [5.41, 5.74) is 9.95. The van der Waals surface area contributed by atoms with Gasteiger partial charge in [-0.05, 0) is 80.2 Å². The molecule has 3 rings (SSSR count). The number of carbonyl (C=O) groups is 2. The lowest BCUT2D eigenvalue weighted by atomic mass is 9.78. The number of hydrazine groups is 1. The minimum atomic E-state index is -0.580. The maximum atomic E-state index is 12.4. The van der Waals surface area contributed by atoms with E-state index < -0.39 is 12.4 Å². The molecule has 0 spiro atoms. The lowest BCUT2D eigenvalue weighted by Crippen LogP contribution is -2.49. The average molecular weight is 415 g/mol. The van der Waals surface area contributed by atoms with Crippen LogP contribution < -0.4 is 16.3 Å². The van der Waals surface area contributed by atoms with Gasteiger partial charge in [0, 0.05) is 16.7 Å². The summed E-state index contributed by atoms with van der Waals surface area (Å²) < 4.78 is 11.7. The van der Waals surface area contributed by atoms with Crippen LogP contribution in [0.3, 0.4) is 0 Å². The summed E-state index contributed by atoms with van der Waals surface area (Å²) in [6.45, 7) is 8.45. The molecule has 1 aliphatic rings. The van der Waals surface area contributed by atoms with Crippen LogP contribution in [0.25, 0.3) is 0 Å². The van der Waals surface area contributed by atoms with Crippen LogP contribution in [0.15, 0.2) is 36.4 Å². The minimum Gasteiger partial charge on any atom is -0.403 e. The topological polar surface area (TPSA) is 76.7 Å². The highest BCUT2D eigenvalue weighted by Crippen LogP contribution is 2.17. The van der Waals surface area contributed by atoms with Gasteiger partial charge in [-0.2, -0.15) is 0 Å². The number of fused-ring (bicyclic) bond motifs is 1. The Morgan fingerprint density at radius 1 is 1.17 bits per heavy atom. The highest BCUT2D eigenvalue weighted by molar-refractivity contribution is 6.67.